The number of unbranched alkanes of at least 4 members (excludes halogenated alkanes) is 2. The van der Waals surface area contributed by atoms with Gasteiger partial charge in [0.2, 0.25) is 0 Å². The van der Waals surface area contributed by atoms with Gasteiger partial charge in [0, 0.05) is 23.8 Å². The van der Waals surface area contributed by atoms with E-state index in [4.69, 9.17) is 4.74 Å². The first-order valence-corrected chi connectivity index (χ1v) is 16.9. The molecule has 6 nitrogen and oxygen atoms in total. The molecule has 1 aromatic rings. The zero-order chi connectivity index (χ0) is 34.1. The Morgan fingerprint density at radius 3 is 2.30 bits per heavy atom. The van der Waals surface area contributed by atoms with Crippen LogP contribution >= 0.6 is 0 Å². The second kappa shape index (κ2) is 16.9. The molecular formula is C40H54O6. The maximum Gasteiger partial charge on any atom is 0.340 e. The average Bonchev–Trinajstić information content (AvgIpc) is 2.99. The first kappa shape index (κ1) is 37.0. The molecular weight excluding hydrogens is 576 g/mol. The van der Waals surface area contributed by atoms with Crippen molar-refractivity contribution in [1.29, 1.82) is 0 Å². The number of phenols is 1. The lowest BCUT2D eigenvalue weighted by atomic mass is 9.68. The van der Waals surface area contributed by atoms with Gasteiger partial charge in [0.15, 0.2) is 5.78 Å². The number of aromatic hydroxyl groups is 1. The van der Waals surface area contributed by atoms with Crippen LogP contribution in [0.25, 0.3) is 0 Å². The van der Waals surface area contributed by atoms with E-state index < -0.39 is 18.0 Å². The van der Waals surface area contributed by atoms with E-state index in [0.717, 1.165) is 73.6 Å². The Labute approximate surface area is 276 Å². The summed E-state index contributed by atoms with van der Waals surface area (Å²) in [5, 5.41) is 21.3. The molecule has 0 heterocycles. The van der Waals surface area contributed by atoms with E-state index in [-0.39, 0.29) is 53.2 Å². The van der Waals surface area contributed by atoms with Crippen LogP contribution in [0.15, 0.2) is 71.9 Å². The van der Waals surface area contributed by atoms with Crippen LogP contribution in [0, 0.1) is 23.7 Å². The number of aliphatic hydroxyl groups is 1. The zero-order valence-electron chi connectivity index (χ0n) is 28.7. The molecule has 3 rings (SSSR count). The summed E-state index contributed by atoms with van der Waals surface area (Å²) in [6.07, 6.45) is 13.4. The highest BCUT2D eigenvalue weighted by Crippen LogP contribution is 2.48. The van der Waals surface area contributed by atoms with Crippen molar-refractivity contribution in [2.75, 3.05) is 0 Å². The van der Waals surface area contributed by atoms with Crippen molar-refractivity contribution in [3.8, 4) is 11.5 Å². The third kappa shape index (κ3) is 9.28. The molecule has 0 spiro atoms. The number of esters is 1. The summed E-state index contributed by atoms with van der Waals surface area (Å²) in [7, 11) is 0. The van der Waals surface area contributed by atoms with E-state index >= 15 is 0 Å². The lowest BCUT2D eigenvalue weighted by Crippen LogP contribution is -2.35. The fourth-order valence-electron chi connectivity index (χ4n) is 7.11. The molecule has 6 atom stereocenters. The molecule has 2 aliphatic rings. The van der Waals surface area contributed by atoms with Crippen LogP contribution in [0.2, 0.25) is 0 Å². The molecule has 6 heteroatoms. The summed E-state index contributed by atoms with van der Waals surface area (Å²) in [6, 6.07) is 3.57. The molecule has 6 unspecified atom stereocenters. The smallest absolute Gasteiger partial charge is 0.340 e. The third-order valence-corrected chi connectivity index (χ3v) is 9.76. The summed E-state index contributed by atoms with van der Waals surface area (Å²) >= 11 is 0. The van der Waals surface area contributed by atoms with Gasteiger partial charge in [-0.15, -0.1) is 0 Å². The number of ketones is 2. The fraction of sp³-hybridized carbons (Fsp3) is 0.525. The maximum atomic E-state index is 13.8. The van der Waals surface area contributed by atoms with Gasteiger partial charge in [-0.3, -0.25) is 9.59 Å². The molecule has 0 radical (unpaired) electrons. The highest BCUT2D eigenvalue weighted by atomic mass is 16.5. The van der Waals surface area contributed by atoms with Gasteiger partial charge >= 0.3 is 5.97 Å². The Morgan fingerprint density at radius 2 is 1.70 bits per heavy atom. The molecule has 2 aliphatic carbocycles. The van der Waals surface area contributed by atoms with Gasteiger partial charge in [-0.1, -0.05) is 73.4 Å². The van der Waals surface area contributed by atoms with Crippen LogP contribution in [-0.4, -0.2) is 33.9 Å². The number of phenolic OH excluding ortho intramolecular Hbond substituents is 1. The first-order chi connectivity index (χ1) is 21.8. The molecule has 0 fully saturated rings. The highest BCUT2D eigenvalue weighted by Gasteiger charge is 2.38. The van der Waals surface area contributed by atoms with Crippen molar-refractivity contribution >= 4 is 17.5 Å². The summed E-state index contributed by atoms with van der Waals surface area (Å²) in [5.41, 5.74) is 5.66. The highest BCUT2D eigenvalue weighted by molar-refractivity contribution is 6.08. The van der Waals surface area contributed by atoms with Crippen molar-refractivity contribution in [2.24, 2.45) is 23.7 Å². The minimum atomic E-state index is -1.32. The topological polar surface area (TPSA) is 101 Å². The number of carbonyl (C=O) groups excluding carboxylic acids is 3. The van der Waals surface area contributed by atoms with Gasteiger partial charge in [-0.2, -0.15) is 0 Å². The lowest BCUT2D eigenvalue weighted by Gasteiger charge is -2.34. The maximum absolute atomic E-state index is 13.8. The van der Waals surface area contributed by atoms with Gasteiger partial charge in [-0.05, 0) is 109 Å². The van der Waals surface area contributed by atoms with Crippen LogP contribution in [0.3, 0.4) is 0 Å². The van der Waals surface area contributed by atoms with Crippen LogP contribution in [0.1, 0.15) is 110 Å². The standard InChI is InChI=1S/C40H54O6/c1-9-11-12-13-29-22-36(44)39(37(23-29)46-40(45)28(8)41)33-21-26(6)15-18-31(33)27(7)16-19-35(43)38(34(42)10-2)32-20-25(5)14-17-30(32)24(3)4/h10,16,20-23,28,30-33,38,41,44H,2-3,9,11-15,17-19H2,1,4-8H3. The van der Waals surface area contributed by atoms with Crippen molar-refractivity contribution in [2.45, 2.75) is 111 Å². The van der Waals surface area contributed by atoms with Gasteiger partial charge in [0.1, 0.15) is 23.4 Å². The molecule has 0 amide bonds. The number of Topliss-reactive ketones (excluding diaryl/α,β-unsaturated/α-hetero) is 1. The number of benzene rings is 1. The van der Waals surface area contributed by atoms with Crippen LogP contribution in [0.5, 0.6) is 11.5 Å². The van der Waals surface area contributed by atoms with Crippen LogP contribution < -0.4 is 4.74 Å². The monoisotopic (exact) mass is 630 g/mol. The van der Waals surface area contributed by atoms with Gasteiger partial charge in [0.25, 0.3) is 0 Å². The van der Waals surface area contributed by atoms with E-state index in [2.05, 4.69) is 32.2 Å². The van der Waals surface area contributed by atoms with Crippen molar-refractivity contribution in [1.82, 2.24) is 0 Å². The molecule has 0 saturated heterocycles. The van der Waals surface area contributed by atoms with Crippen molar-refractivity contribution in [3.05, 3.63) is 83.0 Å². The minimum absolute atomic E-state index is 0.0501. The predicted molar refractivity (Wildman–Crippen MR) is 185 cm³/mol. The number of ether oxygens (including phenoxy) is 1. The Hall–Kier alpha value is -3.51. The number of hydrogen-bond donors (Lipinski definition) is 2. The Bertz CT molecular complexity index is 1410. The summed E-state index contributed by atoms with van der Waals surface area (Å²) in [5.74, 6) is -2.29. The van der Waals surface area contributed by atoms with Gasteiger partial charge in [-0.25, -0.2) is 4.79 Å². The molecule has 1 aromatic carbocycles. The fourth-order valence-corrected chi connectivity index (χ4v) is 7.11. The third-order valence-electron chi connectivity index (χ3n) is 9.76. The number of aliphatic hydroxyl groups excluding tert-OH is 1. The molecule has 0 aliphatic heterocycles. The molecule has 2 N–H and O–H groups in total. The van der Waals surface area contributed by atoms with Crippen LogP contribution in [-0.2, 0) is 20.8 Å². The second-order valence-corrected chi connectivity index (χ2v) is 13.5. The minimum Gasteiger partial charge on any atom is -0.507 e. The first-order valence-electron chi connectivity index (χ1n) is 16.9. The quantitative estimate of drug-likeness (QED) is 0.0502. The molecule has 0 aromatic heterocycles. The SMILES string of the molecule is C=CC(=O)C(C(=O)CC=C(C)C1CCC(C)=CC1c1c(O)cc(CCCCC)cc1OC(=O)C(C)O)C1C=C(C)CCC1C(=C)C. The number of aryl methyl sites for hydroxylation is 1. The Kier molecular flexibility index (Phi) is 13.6. The average molecular weight is 631 g/mol. The molecule has 0 saturated carbocycles. The number of allylic oxidation sites excluding steroid dienone is 8. The van der Waals surface area contributed by atoms with Crippen molar-refractivity contribution < 1.29 is 29.3 Å². The van der Waals surface area contributed by atoms with E-state index in [1.807, 2.05) is 39.8 Å². The normalized spacial score (nSPS) is 23.1. The zero-order valence-corrected chi connectivity index (χ0v) is 28.7. The Morgan fingerprint density at radius 1 is 1.04 bits per heavy atom. The number of carbonyl (C=O) groups is 3. The van der Waals surface area contributed by atoms with Gasteiger partial charge < -0.3 is 14.9 Å². The summed E-state index contributed by atoms with van der Waals surface area (Å²) < 4.78 is 5.71. The Balaban J connectivity index is 1.99. The van der Waals surface area contributed by atoms with Crippen LogP contribution in [0.4, 0.5) is 0 Å². The summed E-state index contributed by atoms with van der Waals surface area (Å²) in [4.78, 5) is 39.6. The predicted octanol–water partition coefficient (Wildman–Crippen LogP) is 8.68. The van der Waals surface area contributed by atoms with Crippen molar-refractivity contribution in [3.63, 3.8) is 0 Å². The van der Waals surface area contributed by atoms with E-state index in [0.29, 0.717) is 5.56 Å². The largest absolute Gasteiger partial charge is 0.507 e. The molecule has 46 heavy (non-hydrogen) atoms. The van der Waals surface area contributed by atoms with Gasteiger partial charge in [0.05, 0.1) is 5.92 Å². The number of rotatable bonds is 15. The molecule has 0 bridgehead atoms. The molecule has 250 valence electrons. The van der Waals surface area contributed by atoms with E-state index in [1.165, 1.54) is 18.6 Å². The summed E-state index contributed by atoms with van der Waals surface area (Å²) in [6.45, 7) is 19.4. The van der Waals surface area contributed by atoms with E-state index in [1.54, 1.807) is 6.07 Å². The van der Waals surface area contributed by atoms with E-state index in [9.17, 15) is 24.6 Å². The number of hydrogen-bond acceptors (Lipinski definition) is 6. The lowest BCUT2D eigenvalue weighted by molar-refractivity contribution is -0.142. The second-order valence-electron chi connectivity index (χ2n) is 13.5.